The second-order valence-electron chi connectivity index (χ2n) is 4.55. The number of benzene rings is 1. The number of rotatable bonds is 5. The van der Waals surface area contributed by atoms with Crippen molar-refractivity contribution in [2.75, 3.05) is 12.0 Å². The zero-order valence-electron chi connectivity index (χ0n) is 11.1. The molecule has 0 spiro atoms. The molecule has 21 heavy (non-hydrogen) atoms. The molecule has 0 aliphatic heterocycles. The van der Waals surface area contributed by atoms with Crippen molar-refractivity contribution in [3.8, 4) is 0 Å². The molecular formula is C11H13Cl2NO5S2. The fourth-order valence-corrected chi connectivity index (χ4v) is 4.12. The molecular weight excluding hydrogens is 361 g/mol. The molecule has 0 aromatic heterocycles. The Kier molecular flexibility index (Phi) is 5.65. The van der Waals surface area contributed by atoms with E-state index >= 15 is 0 Å². The van der Waals surface area contributed by atoms with E-state index in [1.165, 1.54) is 19.1 Å². The number of sulfone groups is 1. The van der Waals surface area contributed by atoms with Gasteiger partial charge in [-0.3, -0.25) is 4.79 Å². The Balaban J connectivity index is 2.99. The van der Waals surface area contributed by atoms with Crippen LogP contribution in [0, 0.1) is 0 Å². The van der Waals surface area contributed by atoms with E-state index < -0.39 is 30.8 Å². The average Bonchev–Trinajstić information content (AvgIpc) is 2.24. The zero-order chi connectivity index (χ0) is 16.4. The standard InChI is InChI=1S/C11H13Cl2NO5S2/c1-7(6-20(2,16)17)14-11(15)8-3-4-9(12)10(5-8)21(13,18)19/h3-5,7H,6H2,1-2H3,(H,14,15). The molecule has 0 aliphatic carbocycles. The van der Waals surface area contributed by atoms with Gasteiger partial charge in [-0.2, -0.15) is 0 Å². The van der Waals surface area contributed by atoms with Gasteiger partial charge in [0.25, 0.3) is 15.0 Å². The van der Waals surface area contributed by atoms with Crippen molar-refractivity contribution in [2.45, 2.75) is 17.9 Å². The third kappa shape index (κ3) is 5.82. The highest BCUT2D eigenvalue weighted by molar-refractivity contribution is 8.13. The first-order chi connectivity index (χ1) is 9.40. The average molecular weight is 374 g/mol. The van der Waals surface area contributed by atoms with Gasteiger partial charge in [0.15, 0.2) is 0 Å². The van der Waals surface area contributed by atoms with Crippen LogP contribution in [0.25, 0.3) is 0 Å². The van der Waals surface area contributed by atoms with E-state index in [9.17, 15) is 21.6 Å². The van der Waals surface area contributed by atoms with E-state index in [1.807, 2.05) is 0 Å². The van der Waals surface area contributed by atoms with Crippen LogP contribution < -0.4 is 5.32 Å². The number of amides is 1. The summed E-state index contributed by atoms with van der Waals surface area (Å²) >= 11 is 5.70. The van der Waals surface area contributed by atoms with Crippen molar-refractivity contribution in [3.63, 3.8) is 0 Å². The van der Waals surface area contributed by atoms with Crippen LogP contribution in [0.2, 0.25) is 5.02 Å². The van der Waals surface area contributed by atoms with Gasteiger partial charge in [-0.05, 0) is 25.1 Å². The molecule has 118 valence electrons. The normalized spacial score (nSPS) is 13.7. The molecule has 6 nitrogen and oxygen atoms in total. The highest BCUT2D eigenvalue weighted by Gasteiger charge is 2.19. The van der Waals surface area contributed by atoms with Crippen molar-refractivity contribution in [1.29, 1.82) is 0 Å². The first-order valence-electron chi connectivity index (χ1n) is 5.63. The van der Waals surface area contributed by atoms with E-state index in [0.29, 0.717) is 0 Å². The minimum atomic E-state index is -4.08. The predicted octanol–water partition coefficient (Wildman–Crippen LogP) is 1.43. The van der Waals surface area contributed by atoms with Gasteiger partial charge in [-0.25, -0.2) is 16.8 Å². The van der Waals surface area contributed by atoms with Crippen LogP contribution in [0.15, 0.2) is 23.1 Å². The molecule has 0 bridgehead atoms. The van der Waals surface area contributed by atoms with Gasteiger partial charge in [0.2, 0.25) is 0 Å². The Labute approximate surface area is 132 Å². The molecule has 1 rings (SSSR count). The summed E-state index contributed by atoms with van der Waals surface area (Å²) in [5, 5.41) is 2.35. The molecule has 1 atom stereocenters. The van der Waals surface area contributed by atoms with E-state index in [4.69, 9.17) is 22.3 Å². The Hall–Kier alpha value is -0.830. The summed E-state index contributed by atoms with van der Waals surface area (Å²) in [4.78, 5) is 11.6. The summed E-state index contributed by atoms with van der Waals surface area (Å²) in [6, 6.07) is 2.95. The van der Waals surface area contributed by atoms with Gasteiger partial charge in [0.1, 0.15) is 14.7 Å². The lowest BCUT2D eigenvalue weighted by molar-refractivity contribution is 0.0943. The third-order valence-corrected chi connectivity index (χ3v) is 5.30. The van der Waals surface area contributed by atoms with E-state index in [-0.39, 0.29) is 21.2 Å². The number of hydrogen-bond acceptors (Lipinski definition) is 5. The molecule has 0 radical (unpaired) electrons. The minimum Gasteiger partial charge on any atom is -0.349 e. The molecule has 1 amide bonds. The summed E-state index contributed by atoms with van der Waals surface area (Å²) in [6.07, 6.45) is 1.05. The molecule has 1 unspecified atom stereocenters. The smallest absolute Gasteiger partial charge is 0.262 e. The molecule has 1 aromatic rings. The fraction of sp³-hybridized carbons (Fsp3) is 0.364. The van der Waals surface area contributed by atoms with Gasteiger partial charge in [-0.1, -0.05) is 11.6 Å². The summed E-state index contributed by atoms with van der Waals surface area (Å²) in [5.74, 6) is -0.850. The molecule has 1 N–H and O–H groups in total. The number of carbonyl (C=O) groups is 1. The maximum Gasteiger partial charge on any atom is 0.262 e. The summed E-state index contributed by atoms with van der Waals surface area (Å²) in [5.41, 5.74) is 0.0129. The predicted molar refractivity (Wildman–Crippen MR) is 81.1 cm³/mol. The molecule has 10 heteroatoms. The first-order valence-corrected chi connectivity index (χ1v) is 10.4. The quantitative estimate of drug-likeness (QED) is 0.787. The molecule has 0 fully saturated rings. The zero-order valence-corrected chi connectivity index (χ0v) is 14.3. The van der Waals surface area contributed by atoms with Crippen LogP contribution in [0.3, 0.4) is 0 Å². The largest absolute Gasteiger partial charge is 0.349 e. The lowest BCUT2D eigenvalue weighted by Crippen LogP contribution is -2.37. The van der Waals surface area contributed by atoms with Crippen molar-refractivity contribution in [1.82, 2.24) is 5.32 Å². The summed E-state index contributed by atoms with van der Waals surface area (Å²) < 4.78 is 44.9. The molecule has 0 aliphatic rings. The highest BCUT2D eigenvalue weighted by atomic mass is 35.7. The third-order valence-electron chi connectivity index (χ3n) is 2.39. The van der Waals surface area contributed by atoms with Crippen LogP contribution >= 0.6 is 22.3 Å². The molecule has 0 saturated heterocycles. The van der Waals surface area contributed by atoms with Gasteiger partial charge in [0.05, 0.1) is 10.8 Å². The van der Waals surface area contributed by atoms with Crippen molar-refractivity contribution in [2.24, 2.45) is 0 Å². The molecule has 0 saturated carbocycles. The van der Waals surface area contributed by atoms with Crippen molar-refractivity contribution < 1.29 is 21.6 Å². The monoisotopic (exact) mass is 373 g/mol. The minimum absolute atomic E-state index is 0.0129. The maximum absolute atomic E-state index is 11.9. The fourth-order valence-electron chi connectivity index (χ4n) is 1.63. The second-order valence-corrected chi connectivity index (χ2v) is 9.68. The SMILES string of the molecule is CC(CS(C)(=O)=O)NC(=O)c1ccc(Cl)c(S(=O)(=O)Cl)c1. The topological polar surface area (TPSA) is 97.4 Å². The Morgan fingerprint density at radius 3 is 2.33 bits per heavy atom. The lowest BCUT2D eigenvalue weighted by Gasteiger charge is -2.13. The molecule has 0 heterocycles. The van der Waals surface area contributed by atoms with Gasteiger partial charge >= 0.3 is 0 Å². The van der Waals surface area contributed by atoms with Crippen molar-refractivity contribution >= 4 is 47.1 Å². The van der Waals surface area contributed by atoms with E-state index in [1.54, 1.807) is 0 Å². The maximum atomic E-state index is 11.9. The van der Waals surface area contributed by atoms with Crippen LogP contribution in [0.5, 0.6) is 0 Å². The van der Waals surface area contributed by atoms with Gasteiger partial charge in [0, 0.05) is 28.5 Å². The Bertz CT molecular complexity index is 759. The van der Waals surface area contributed by atoms with E-state index in [2.05, 4.69) is 5.32 Å². The molecule has 1 aromatic carbocycles. The number of carbonyl (C=O) groups excluding carboxylic acids is 1. The second kappa shape index (κ2) is 6.51. The van der Waals surface area contributed by atoms with Gasteiger partial charge < -0.3 is 5.32 Å². The summed E-state index contributed by atoms with van der Waals surface area (Å²) in [7, 11) is -2.11. The van der Waals surface area contributed by atoms with E-state index in [0.717, 1.165) is 12.3 Å². The Morgan fingerprint density at radius 1 is 1.29 bits per heavy atom. The van der Waals surface area contributed by atoms with Crippen molar-refractivity contribution in [3.05, 3.63) is 28.8 Å². The number of nitrogens with one attached hydrogen (secondary N) is 1. The summed E-state index contributed by atoms with van der Waals surface area (Å²) in [6.45, 7) is 1.52. The van der Waals surface area contributed by atoms with Crippen LogP contribution in [-0.2, 0) is 18.9 Å². The Morgan fingerprint density at radius 2 is 1.86 bits per heavy atom. The highest BCUT2D eigenvalue weighted by Crippen LogP contribution is 2.25. The van der Waals surface area contributed by atoms with Crippen LogP contribution in [0.1, 0.15) is 17.3 Å². The van der Waals surface area contributed by atoms with Crippen LogP contribution in [0.4, 0.5) is 0 Å². The number of hydrogen-bond donors (Lipinski definition) is 1. The van der Waals surface area contributed by atoms with Gasteiger partial charge in [-0.15, -0.1) is 0 Å². The number of halogens is 2. The lowest BCUT2D eigenvalue weighted by atomic mass is 10.2. The first kappa shape index (κ1) is 18.2. The van der Waals surface area contributed by atoms with Crippen LogP contribution in [-0.4, -0.2) is 40.8 Å².